The molecule has 0 rings (SSSR count). The smallest absolute Gasteiger partial charge is 0.292 e. The monoisotopic (exact) mass is 284 g/mol. The Morgan fingerprint density at radius 2 is 1.47 bits per heavy atom. The predicted molar refractivity (Wildman–Crippen MR) is 85.6 cm³/mol. The van der Waals surface area contributed by atoms with Crippen molar-refractivity contribution in [1.29, 1.82) is 0 Å². The normalized spacial score (nSPS) is 11.3. The number of rotatable bonds is 12. The average Bonchev–Trinajstić information content (AvgIpc) is 2.36. The highest BCUT2D eigenvalue weighted by Gasteiger charge is 2.21. The van der Waals surface area contributed by atoms with Crippen molar-refractivity contribution in [2.75, 3.05) is 0 Å². The fourth-order valence-electron chi connectivity index (χ4n) is 1.97. The van der Waals surface area contributed by atoms with Crippen molar-refractivity contribution >= 4 is 14.3 Å². The molecule has 0 N–H and O–H groups in total. The zero-order valence-corrected chi connectivity index (χ0v) is 14.2. The number of carbonyl (C=O) groups is 1. The van der Waals surface area contributed by atoms with Crippen LogP contribution in [-0.4, -0.2) is 14.3 Å². The maximum absolute atomic E-state index is 11.6. The highest BCUT2D eigenvalue weighted by atomic mass is 28.4. The molecule has 112 valence electrons. The van der Waals surface area contributed by atoms with E-state index in [1.165, 1.54) is 44.9 Å². The van der Waals surface area contributed by atoms with Crippen LogP contribution in [0.2, 0.25) is 13.1 Å². The fourth-order valence-corrected chi connectivity index (χ4v) is 2.74. The van der Waals surface area contributed by atoms with Gasteiger partial charge in [0, 0.05) is 6.42 Å². The molecule has 0 aromatic heterocycles. The second-order valence-electron chi connectivity index (χ2n) is 5.86. The topological polar surface area (TPSA) is 26.3 Å². The lowest BCUT2D eigenvalue weighted by Gasteiger charge is -2.18. The van der Waals surface area contributed by atoms with E-state index in [1.54, 1.807) is 5.70 Å². The Labute approximate surface area is 120 Å². The molecule has 0 bridgehead atoms. The van der Waals surface area contributed by atoms with Crippen LogP contribution in [0.25, 0.3) is 0 Å². The minimum absolute atomic E-state index is 0.0421. The molecular formula is C16H32O2Si. The maximum atomic E-state index is 11.6. The van der Waals surface area contributed by atoms with Crippen molar-refractivity contribution in [3.05, 3.63) is 12.3 Å². The third-order valence-electron chi connectivity index (χ3n) is 3.35. The fraction of sp³-hybridized carbons (Fsp3) is 0.812. The molecule has 0 atom stereocenters. The van der Waals surface area contributed by atoms with Crippen LogP contribution in [0.3, 0.4) is 0 Å². The molecule has 0 unspecified atom stereocenters. The van der Waals surface area contributed by atoms with E-state index in [9.17, 15) is 4.79 Å². The van der Waals surface area contributed by atoms with E-state index in [2.05, 4.69) is 13.5 Å². The molecule has 2 nitrogen and oxygen atoms in total. The van der Waals surface area contributed by atoms with Crippen LogP contribution in [0.15, 0.2) is 12.3 Å². The number of hydrogen-bond donors (Lipinski definition) is 0. The summed E-state index contributed by atoms with van der Waals surface area (Å²) in [4.78, 5) is 11.6. The highest BCUT2D eigenvalue weighted by Crippen LogP contribution is 2.12. The molecule has 0 saturated heterocycles. The van der Waals surface area contributed by atoms with Crippen LogP contribution in [0.5, 0.6) is 0 Å². The molecule has 0 saturated carbocycles. The zero-order chi connectivity index (χ0) is 14.6. The van der Waals surface area contributed by atoms with Crippen LogP contribution >= 0.6 is 0 Å². The third kappa shape index (κ3) is 12.2. The molecule has 0 amide bonds. The van der Waals surface area contributed by atoms with E-state index in [0.717, 1.165) is 12.8 Å². The first-order chi connectivity index (χ1) is 9.02. The molecule has 0 aromatic rings. The van der Waals surface area contributed by atoms with Gasteiger partial charge in [0.15, 0.2) is 0 Å². The van der Waals surface area contributed by atoms with Gasteiger partial charge in [-0.1, -0.05) is 64.0 Å². The predicted octanol–water partition coefficient (Wildman–Crippen LogP) is 5.38. The number of hydrogen-bond acceptors (Lipinski definition) is 2. The van der Waals surface area contributed by atoms with Crippen molar-refractivity contribution in [2.45, 2.75) is 84.2 Å². The summed E-state index contributed by atoms with van der Waals surface area (Å²) >= 11 is 0. The Morgan fingerprint density at radius 1 is 1.00 bits per heavy atom. The molecule has 0 aromatic carbocycles. The summed E-state index contributed by atoms with van der Waals surface area (Å²) in [6.07, 6.45) is 12.0. The first kappa shape index (κ1) is 18.4. The van der Waals surface area contributed by atoms with Gasteiger partial charge < -0.3 is 4.43 Å². The summed E-state index contributed by atoms with van der Waals surface area (Å²) in [5.41, 5.74) is 1.81. The lowest BCUT2D eigenvalue weighted by atomic mass is 10.1. The largest absolute Gasteiger partial charge is 0.516 e. The molecular weight excluding hydrogens is 252 g/mol. The maximum Gasteiger partial charge on any atom is 0.292 e. The third-order valence-corrected chi connectivity index (χ3v) is 5.09. The molecule has 0 aliphatic carbocycles. The molecule has 0 spiro atoms. The van der Waals surface area contributed by atoms with Gasteiger partial charge in [0.05, 0.1) is 0 Å². The Morgan fingerprint density at radius 3 is 1.95 bits per heavy atom. The molecule has 19 heavy (non-hydrogen) atoms. The number of carbonyl (C=O) groups excluding carboxylic acids is 1. The standard InChI is InChI=1S/C16H32O2Si/c1-5-7-8-9-10-11-12-13-14-15-16(17)18-19(3,4)6-2/h6H,2,5,7-15H2,1,3-4H3. The minimum Gasteiger partial charge on any atom is -0.516 e. The van der Waals surface area contributed by atoms with E-state index in [4.69, 9.17) is 4.43 Å². The van der Waals surface area contributed by atoms with E-state index in [1.807, 2.05) is 13.1 Å². The van der Waals surface area contributed by atoms with E-state index in [0.29, 0.717) is 6.42 Å². The summed E-state index contributed by atoms with van der Waals surface area (Å²) in [5, 5.41) is 0. The summed E-state index contributed by atoms with van der Waals surface area (Å²) in [6.45, 7) is 9.96. The number of unbranched alkanes of at least 4 members (excludes halogenated alkanes) is 8. The Hall–Kier alpha value is -0.573. The van der Waals surface area contributed by atoms with Crippen LogP contribution < -0.4 is 0 Å². The van der Waals surface area contributed by atoms with Gasteiger partial charge in [0.2, 0.25) is 0 Å². The molecule has 0 aliphatic rings. The summed E-state index contributed by atoms with van der Waals surface area (Å²) in [7, 11) is -1.92. The second-order valence-corrected chi connectivity index (χ2v) is 9.68. The van der Waals surface area contributed by atoms with Gasteiger partial charge >= 0.3 is 0 Å². The lowest BCUT2D eigenvalue weighted by molar-refractivity contribution is -0.135. The van der Waals surface area contributed by atoms with Crippen molar-refractivity contribution < 1.29 is 9.22 Å². The van der Waals surface area contributed by atoms with Gasteiger partial charge in [-0.25, -0.2) is 0 Å². The minimum atomic E-state index is -1.92. The Bertz CT molecular complexity index is 249. The van der Waals surface area contributed by atoms with Gasteiger partial charge in [-0.15, -0.1) is 6.58 Å². The Kier molecular flexibility index (Phi) is 10.9. The highest BCUT2D eigenvalue weighted by molar-refractivity contribution is 6.77. The van der Waals surface area contributed by atoms with E-state index >= 15 is 0 Å². The van der Waals surface area contributed by atoms with Gasteiger partial charge in [-0.05, 0) is 19.5 Å². The molecule has 0 heterocycles. The average molecular weight is 285 g/mol. The van der Waals surface area contributed by atoms with Gasteiger partial charge in [0.25, 0.3) is 14.3 Å². The van der Waals surface area contributed by atoms with Crippen molar-refractivity contribution in [3.63, 3.8) is 0 Å². The summed E-state index contributed by atoms with van der Waals surface area (Å²) < 4.78 is 5.44. The van der Waals surface area contributed by atoms with Crippen LogP contribution in [0.4, 0.5) is 0 Å². The van der Waals surface area contributed by atoms with Crippen LogP contribution in [0.1, 0.15) is 71.1 Å². The molecule has 0 aliphatic heterocycles. The van der Waals surface area contributed by atoms with Gasteiger partial charge in [0.1, 0.15) is 0 Å². The first-order valence-corrected chi connectivity index (χ1v) is 10.9. The van der Waals surface area contributed by atoms with Crippen LogP contribution in [-0.2, 0) is 9.22 Å². The van der Waals surface area contributed by atoms with Gasteiger partial charge in [-0.3, -0.25) is 4.79 Å². The van der Waals surface area contributed by atoms with Crippen LogP contribution in [0, 0.1) is 0 Å². The van der Waals surface area contributed by atoms with E-state index in [-0.39, 0.29) is 5.97 Å². The Balaban J connectivity index is 3.35. The van der Waals surface area contributed by atoms with Crippen molar-refractivity contribution in [2.24, 2.45) is 0 Å². The summed E-state index contributed by atoms with van der Waals surface area (Å²) in [6, 6.07) is 0. The quantitative estimate of drug-likeness (QED) is 0.355. The lowest BCUT2D eigenvalue weighted by Crippen LogP contribution is -2.30. The first-order valence-electron chi connectivity index (χ1n) is 7.87. The zero-order valence-electron chi connectivity index (χ0n) is 13.2. The summed E-state index contributed by atoms with van der Waals surface area (Å²) in [5.74, 6) is -0.0421. The second kappa shape index (κ2) is 11.3. The SMILES string of the molecule is C=C[Si](C)(C)OC(=O)CCCCCCCCCCC. The molecule has 0 fully saturated rings. The van der Waals surface area contributed by atoms with Crippen molar-refractivity contribution in [3.8, 4) is 0 Å². The van der Waals surface area contributed by atoms with Crippen molar-refractivity contribution in [1.82, 2.24) is 0 Å². The molecule has 0 radical (unpaired) electrons. The van der Waals surface area contributed by atoms with E-state index < -0.39 is 8.32 Å². The van der Waals surface area contributed by atoms with Gasteiger partial charge in [-0.2, -0.15) is 0 Å². The molecule has 3 heteroatoms.